The number of rotatable bonds is 5. The summed E-state index contributed by atoms with van der Waals surface area (Å²) < 4.78 is 0.616. The van der Waals surface area contributed by atoms with Crippen LogP contribution in [0.1, 0.15) is 36.0 Å². The summed E-state index contributed by atoms with van der Waals surface area (Å²) in [4.78, 5) is 23.0. The highest BCUT2D eigenvalue weighted by Gasteiger charge is 2.37. The van der Waals surface area contributed by atoms with Crippen molar-refractivity contribution in [2.45, 2.75) is 25.7 Å². The number of halogens is 1. The quantitative estimate of drug-likeness (QED) is 0.768. The number of carboxylic acid groups (broad SMARTS) is 1. The molecule has 0 saturated heterocycles. The maximum Gasteiger partial charge on any atom is 0.335 e. The Morgan fingerprint density at radius 3 is 2.55 bits per heavy atom. The summed E-state index contributed by atoms with van der Waals surface area (Å²) in [5.74, 6) is -1.15. The van der Waals surface area contributed by atoms with Crippen molar-refractivity contribution in [3.05, 3.63) is 28.2 Å². The van der Waals surface area contributed by atoms with Crippen molar-refractivity contribution in [3.8, 4) is 0 Å². The van der Waals surface area contributed by atoms with E-state index in [1.54, 1.807) is 6.07 Å². The van der Waals surface area contributed by atoms with Crippen molar-refractivity contribution in [1.82, 2.24) is 0 Å². The number of benzene rings is 1. The maximum atomic E-state index is 12.0. The normalized spacial score (nSPS) is 16.3. The first-order chi connectivity index (χ1) is 9.44. The van der Waals surface area contributed by atoms with Crippen LogP contribution >= 0.6 is 15.9 Å². The lowest BCUT2D eigenvalue weighted by molar-refractivity contribution is -0.119. The van der Waals surface area contributed by atoms with Crippen LogP contribution in [0.2, 0.25) is 0 Å². The van der Waals surface area contributed by atoms with E-state index in [1.165, 1.54) is 12.1 Å². The Kier molecular flexibility index (Phi) is 4.45. The standard InChI is InChI=1S/C14H17BrN2O3/c15-10-4-9(13(19)20)5-11(6-10)17-12(18)7-14(8-16)2-1-3-14/h4-6H,1-3,7-8,16H2,(H,17,18)(H,19,20). The van der Waals surface area contributed by atoms with E-state index >= 15 is 0 Å². The van der Waals surface area contributed by atoms with Crippen molar-refractivity contribution < 1.29 is 14.7 Å². The minimum absolute atomic E-state index is 0.0638. The van der Waals surface area contributed by atoms with Gasteiger partial charge in [0.1, 0.15) is 0 Å². The van der Waals surface area contributed by atoms with Crippen LogP contribution in [0.4, 0.5) is 5.69 Å². The molecule has 0 aliphatic heterocycles. The zero-order valence-corrected chi connectivity index (χ0v) is 12.6. The Morgan fingerprint density at radius 2 is 2.05 bits per heavy atom. The molecule has 0 radical (unpaired) electrons. The topological polar surface area (TPSA) is 92.4 Å². The molecule has 6 heteroatoms. The fourth-order valence-electron chi connectivity index (χ4n) is 2.46. The molecule has 4 N–H and O–H groups in total. The average Bonchev–Trinajstić information content (AvgIpc) is 2.33. The first-order valence-corrected chi connectivity index (χ1v) is 7.27. The largest absolute Gasteiger partial charge is 0.478 e. The molecule has 1 aromatic rings. The molecule has 0 aromatic heterocycles. The average molecular weight is 341 g/mol. The molecule has 1 saturated carbocycles. The molecule has 5 nitrogen and oxygen atoms in total. The minimum atomic E-state index is -1.03. The smallest absolute Gasteiger partial charge is 0.335 e. The number of carbonyl (C=O) groups excluding carboxylic acids is 1. The number of hydrogen-bond donors (Lipinski definition) is 3. The van der Waals surface area contributed by atoms with Gasteiger partial charge in [-0.3, -0.25) is 4.79 Å². The Morgan fingerprint density at radius 1 is 1.35 bits per heavy atom. The number of carbonyl (C=O) groups is 2. The van der Waals surface area contributed by atoms with Gasteiger partial charge < -0.3 is 16.2 Å². The highest BCUT2D eigenvalue weighted by Crippen LogP contribution is 2.43. The van der Waals surface area contributed by atoms with Gasteiger partial charge >= 0.3 is 5.97 Å². The second-order valence-corrected chi connectivity index (χ2v) is 6.23. The van der Waals surface area contributed by atoms with E-state index in [4.69, 9.17) is 10.8 Å². The van der Waals surface area contributed by atoms with Gasteiger partial charge in [-0.25, -0.2) is 4.79 Å². The van der Waals surface area contributed by atoms with Crippen LogP contribution in [-0.4, -0.2) is 23.5 Å². The van der Waals surface area contributed by atoms with Crippen molar-refractivity contribution >= 4 is 33.5 Å². The highest BCUT2D eigenvalue weighted by atomic mass is 79.9. The Labute approximate surface area is 125 Å². The van der Waals surface area contributed by atoms with Gasteiger partial charge in [-0.05, 0) is 43.0 Å². The molecule has 0 atom stereocenters. The van der Waals surface area contributed by atoms with Crippen LogP contribution in [0.5, 0.6) is 0 Å². The molecule has 0 unspecified atom stereocenters. The molecule has 2 rings (SSSR count). The molecular formula is C14H17BrN2O3. The molecular weight excluding hydrogens is 324 g/mol. The zero-order chi connectivity index (χ0) is 14.8. The van der Waals surface area contributed by atoms with E-state index in [9.17, 15) is 9.59 Å². The van der Waals surface area contributed by atoms with E-state index in [-0.39, 0.29) is 16.9 Å². The summed E-state index contributed by atoms with van der Waals surface area (Å²) in [7, 11) is 0. The number of hydrogen-bond acceptors (Lipinski definition) is 3. The molecule has 1 amide bonds. The van der Waals surface area contributed by atoms with Crippen molar-refractivity contribution in [2.75, 3.05) is 11.9 Å². The van der Waals surface area contributed by atoms with Gasteiger partial charge in [0.05, 0.1) is 5.56 Å². The van der Waals surface area contributed by atoms with Gasteiger partial charge in [-0.1, -0.05) is 22.4 Å². The lowest BCUT2D eigenvalue weighted by atomic mass is 9.66. The van der Waals surface area contributed by atoms with Crippen LogP contribution in [0.15, 0.2) is 22.7 Å². The van der Waals surface area contributed by atoms with Crippen molar-refractivity contribution in [3.63, 3.8) is 0 Å². The van der Waals surface area contributed by atoms with Gasteiger partial charge in [-0.15, -0.1) is 0 Å². The summed E-state index contributed by atoms with van der Waals surface area (Å²) in [5.41, 5.74) is 6.28. The van der Waals surface area contributed by atoms with Gasteiger partial charge in [0.25, 0.3) is 0 Å². The number of nitrogens with two attached hydrogens (primary N) is 1. The van der Waals surface area contributed by atoms with E-state index < -0.39 is 5.97 Å². The summed E-state index contributed by atoms with van der Waals surface area (Å²) in [6, 6.07) is 4.62. The molecule has 1 fully saturated rings. The first kappa shape index (κ1) is 15.0. The molecule has 1 aliphatic carbocycles. The molecule has 0 spiro atoms. The second kappa shape index (κ2) is 5.93. The number of aromatic carboxylic acids is 1. The van der Waals surface area contributed by atoms with Gasteiger partial charge in [0.15, 0.2) is 0 Å². The van der Waals surface area contributed by atoms with Crippen LogP contribution < -0.4 is 11.1 Å². The molecule has 1 aliphatic rings. The highest BCUT2D eigenvalue weighted by molar-refractivity contribution is 9.10. The lowest BCUT2D eigenvalue weighted by Crippen LogP contribution is -2.40. The Hall–Kier alpha value is -1.40. The molecule has 0 heterocycles. The van der Waals surface area contributed by atoms with E-state index in [0.29, 0.717) is 23.1 Å². The predicted molar refractivity (Wildman–Crippen MR) is 79.7 cm³/mol. The van der Waals surface area contributed by atoms with Crippen molar-refractivity contribution in [1.29, 1.82) is 0 Å². The fraction of sp³-hybridized carbons (Fsp3) is 0.429. The third-order valence-corrected chi connectivity index (χ3v) is 4.27. The maximum absolute atomic E-state index is 12.0. The molecule has 20 heavy (non-hydrogen) atoms. The zero-order valence-electron chi connectivity index (χ0n) is 11.0. The molecule has 1 aromatic carbocycles. The van der Waals surface area contributed by atoms with Gasteiger partial charge in [0, 0.05) is 16.6 Å². The number of carboxylic acids is 1. The first-order valence-electron chi connectivity index (χ1n) is 6.48. The fourth-order valence-corrected chi connectivity index (χ4v) is 2.95. The number of nitrogens with one attached hydrogen (secondary N) is 1. The number of anilines is 1. The lowest BCUT2D eigenvalue weighted by Gasteiger charge is -2.40. The Balaban J connectivity index is 2.06. The van der Waals surface area contributed by atoms with Crippen molar-refractivity contribution in [2.24, 2.45) is 11.1 Å². The summed E-state index contributed by atoms with van der Waals surface area (Å²) in [6.45, 7) is 0.513. The van der Waals surface area contributed by atoms with E-state index in [0.717, 1.165) is 19.3 Å². The monoisotopic (exact) mass is 340 g/mol. The van der Waals surface area contributed by atoms with Crippen LogP contribution in [0, 0.1) is 5.41 Å². The van der Waals surface area contributed by atoms with Gasteiger partial charge in [-0.2, -0.15) is 0 Å². The minimum Gasteiger partial charge on any atom is -0.478 e. The van der Waals surface area contributed by atoms with E-state index in [1.807, 2.05) is 0 Å². The summed E-state index contributed by atoms with van der Waals surface area (Å²) in [5, 5.41) is 11.7. The summed E-state index contributed by atoms with van der Waals surface area (Å²) in [6.07, 6.45) is 3.47. The molecule has 0 bridgehead atoms. The molecule has 108 valence electrons. The summed E-state index contributed by atoms with van der Waals surface area (Å²) >= 11 is 3.24. The van der Waals surface area contributed by atoms with Crippen LogP contribution in [-0.2, 0) is 4.79 Å². The second-order valence-electron chi connectivity index (χ2n) is 5.32. The predicted octanol–water partition coefficient (Wildman–Crippen LogP) is 2.60. The third-order valence-electron chi connectivity index (χ3n) is 3.81. The van der Waals surface area contributed by atoms with Crippen LogP contribution in [0.25, 0.3) is 0 Å². The third kappa shape index (κ3) is 3.37. The Bertz CT molecular complexity index is 536. The van der Waals surface area contributed by atoms with Crippen LogP contribution in [0.3, 0.4) is 0 Å². The number of amides is 1. The van der Waals surface area contributed by atoms with Gasteiger partial charge in [0.2, 0.25) is 5.91 Å². The SMILES string of the molecule is NCC1(CC(=O)Nc2cc(Br)cc(C(=O)O)c2)CCC1. The van der Waals surface area contributed by atoms with E-state index in [2.05, 4.69) is 21.2 Å².